The van der Waals surface area contributed by atoms with Crippen molar-refractivity contribution in [1.29, 1.82) is 0 Å². The van der Waals surface area contributed by atoms with Crippen molar-refractivity contribution < 1.29 is 9.53 Å². The summed E-state index contributed by atoms with van der Waals surface area (Å²) in [4.78, 5) is 12.6. The summed E-state index contributed by atoms with van der Waals surface area (Å²) in [6.07, 6.45) is 0. The summed E-state index contributed by atoms with van der Waals surface area (Å²) >= 11 is 0. The molecular formula is C18H21NO2. The van der Waals surface area contributed by atoms with Crippen LogP contribution in [0.5, 0.6) is 5.75 Å². The highest BCUT2D eigenvalue weighted by molar-refractivity contribution is 6.11. The van der Waals surface area contributed by atoms with Crippen LogP contribution in [-0.4, -0.2) is 12.9 Å². The molecule has 2 aromatic rings. The van der Waals surface area contributed by atoms with Crippen molar-refractivity contribution >= 4 is 11.5 Å². The van der Waals surface area contributed by atoms with E-state index in [-0.39, 0.29) is 11.2 Å². The van der Waals surface area contributed by atoms with Crippen LogP contribution in [0.15, 0.2) is 42.5 Å². The molecule has 0 aliphatic heterocycles. The van der Waals surface area contributed by atoms with Gasteiger partial charge in [-0.1, -0.05) is 51.1 Å². The van der Waals surface area contributed by atoms with E-state index < -0.39 is 0 Å². The molecule has 0 amide bonds. The van der Waals surface area contributed by atoms with E-state index in [1.54, 1.807) is 18.2 Å². The van der Waals surface area contributed by atoms with E-state index in [9.17, 15) is 4.79 Å². The number of anilines is 1. The minimum atomic E-state index is -0.0837. The molecule has 0 saturated carbocycles. The molecule has 0 aliphatic carbocycles. The third-order valence-corrected chi connectivity index (χ3v) is 3.51. The summed E-state index contributed by atoms with van der Waals surface area (Å²) in [6.45, 7) is 6.43. The van der Waals surface area contributed by atoms with Crippen molar-refractivity contribution in [3.05, 3.63) is 59.2 Å². The van der Waals surface area contributed by atoms with Gasteiger partial charge in [0, 0.05) is 5.56 Å². The first-order valence-electron chi connectivity index (χ1n) is 6.92. The molecular weight excluding hydrogens is 262 g/mol. The Balaban J connectivity index is 2.39. The third kappa shape index (κ3) is 3.07. The van der Waals surface area contributed by atoms with Crippen LogP contribution in [-0.2, 0) is 5.41 Å². The standard InChI is InChI=1S/C18H21NO2/c1-18(2,3)13-10-8-12(9-11-13)16(20)14-6-5-7-15(19)17(14)21-4/h5-11H,19H2,1-4H3. The predicted molar refractivity (Wildman–Crippen MR) is 86.0 cm³/mol. The number of hydrogen-bond donors (Lipinski definition) is 1. The maximum atomic E-state index is 12.6. The summed E-state index contributed by atoms with van der Waals surface area (Å²) in [5.74, 6) is 0.349. The lowest BCUT2D eigenvalue weighted by atomic mass is 9.86. The second-order valence-electron chi connectivity index (χ2n) is 6.08. The van der Waals surface area contributed by atoms with E-state index in [4.69, 9.17) is 10.5 Å². The van der Waals surface area contributed by atoms with Crippen LogP contribution in [0.1, 0.15) is 42.3 Å². The van der Waals surface area contributed by atoms with Crippen LogP contribution in [0.25, 0.3) is 0 Å². The average Bonchev–Trinajstić information content (AvgIpc) is 2.45. The molecule has 2 rings (SSSR count). The van der Waals surface area contributed by atoms with Gasteiger partial charge in [-0.3, -0.25) is 4.79 Å². The Labute approximate surface area is 125 Å². The molecule has 3 heteroatoms. The smallest absolute Gasteiger partial charge is 0.196 e. The van der Waals surface area contributed by atoms with Gasteiger partial charge in [-0.05, 0) is 23.1 Å². The fourth-order valence-corrected chi connectivity index (χ4v) is 2.24. The molecule has 21 heavy (non-hydrogen) atoms. The first-order chi connectivity index (χ1) is 9.84. The fourth-order valence-electron chi connectivity index (χ4n) is 2.24. The molecule has 0 heterocycles. The molecule has 3 nitrogen and oxygen atoms in total. The Bertz CT molecular complexity index is 652. The Morgan fingerprint density at radius 3 is 2.19 bits per heavy atom. The lowest BCUT2D eigenvalue weighted by molar-refractivity contribution is 0.103. The second-order valence-corrected chi connectivity index (χ2v) is 6.08. The van der Waals surface area contributed by atoms with E-state index in [1.807, 2.05) is 24.3 Å². The number of para-hydroxylation sites is 1. The van der Waals surface area contributed by atoms with Gasteiger partial charge in [0.05, 0.1) is 18.4 Å². The highest BCUT2D eigenvalue weighted by atomic mass is 16.5. The quantitative estimate of drug-likeness (QED) is 0.688. The van der Waals surface area contributed by atoms with Crippen molar-refractivity contribution in [2.24, 2.45) is 0 Å². The number of rotatable bonds is 3. The summed E-state index contributed by atoms with van der Waals surface area (Å²) in [5.41, 5.74) is 8.70. The van der Waals surface area contributed by atoms with Gasteiger partial charge in [-0.25, -0.2) is 0 Å². The summed E-state index contributed by atoms with van der Waals surface area (Å²) < 4.78 is 5.25. The molecule has 0 fully saturated rings. The first-order valence-corrected chi connectivity index (χ1v) is 6.92. The number of nitrogen functional groups attached to an aromatic ring is 1. The van der Waals surface area contributed by atoms with Crippen LogP contribution in [0.3, 0.4) is 0 Å². The fraction of sp³-hybridized carbons (Fsp3) is 0.278. The zero-order valence-corrected chi connectivity index (χ0v) is 12.9. The number of carbonyl (C=O) groups excluding carboxylic acids is 1. The maximum Gasteiger partial charge on any atom is 0.196 e. The predicted octanol–water partition coefficient (Wildman–Crippen LogP) is 3.81. The van der Waals surface area contributed by atoms with Gasteiger partial charge in [0.2, 0.25) is 0 Å². The molecule has 0 spiro atoms. The molecule has 0 radical (unpaired) electrons. The van der Waals surface area contributed by atoms with E-state index in [0.29, 0.717) is 22.6 Å². The average molecular weight is 283 g/mol. The van der Waals surface area contributed by atoms with E-state index >= 15 is 0 Å². The Hall–Kier alpha value is -2.29. The number of hydrogen-bond acceptors (Lipinski definition) is 3. The van der Waals surface area contributed by atoms with Gasteiger partial charge in [0.25, 0.3) is 0 Å². The number of nitrogens with two attached hydrogens (primary N) is 1. The summed E-state index contributed by atoms with van der Waals surface area (Å²) in [5, 5.41) is 0. The van der Waals surface area contributed by atoms with Gasteiger partial charge < -0.3 is 10.5 Å². The van der Waals surface area contributed by atoms with Gasteiger partial charge >= 0.3 is 0 Å². The van der Waals surface area contributed by atoms with Crippen LogP contribution in [0.4, 0.5) is 5.69 Å². The molecule has 0 unspecified atom stereocenters. The number of benzene rings is 2. The Morgan fingerprint density at radius 1 is 1.05 bits per heavy atom. The number of carbonyl (C=O) groups is 1. The minimum Gasteiger partial charge on any atom is -0.494 e. The number of ketones is 1. The maximum absolute atomic E-state index is 12.6. The summed E-state index contributed by atoms with van der Waals surface area (Å²) in [6, 6.07) is 12.9. The van der Waals surface area contributed by atoms with E-state index in [2.05, 4.69) is 20.8 Å². The van der Waals surface area contributed by atoms with Crippen molar-refractivity contribution in [3.8, 4) is 5.75 Å². The van der Waals surface area contributed by atoms with Crippen LogP contribution < -0.4 is 10.5 Å². The monoisotopic (exact) mass is 283 g/mol. The van der Waals surface area contributed by atoms with E-state index in [1.165, 1.54) is 12.7 Å². The molecule has 0 atom stereocenters. The number of methoxy groups -OCH3 is 1. The molecule has 0 aliphatic rings. The molecule has 0 bridgehead atoms. The topological polar surface area (TPSA) is 52.3 Å². The molecule has 2 aromatic carbocycles. The number of ether oxygens (including phenoxy) is 1. The highest BCUT2D eigenvalue weighted by Crippen LogP contribution is 2.29. The van der Waals surface area contributed by atoms with Crippen molar-refractivity contribution in [3.63, 3.8) is 0 Å². The van der Waals surface area contributed by atoms with Crippen molar-refractivity contribution in [2.45, 2.75) is 26.2 Å². The van der Waals surface area contributed by atoms with Crippen LogP contribution in [0.2, 0.25) is 0 Å². The van der Waals surface area contributed by atoms with Crippen LogP contribution in [0, 0.1) is 0 Å². The van der Waals surface area contributed by atoms with Gasteiger partial charge in [0.15, 0.2) is 11.5 Å². The first kappa shape index (κ1) is 15.1. The van der Waals surface area contributed by atoms with Crippen molar-refractivity contribution in [1.82, 2.24) is 0 Å². The molecule has 110 valence electrons. The van der Waals surface area contributed by atoms with Gasteiger partial charge in [-0.15, -0.1) is 0 Å². The lowest BCUT2D eigenvalue weighted by Gasteiger charge is -2.19. The molecule has 0 aromatic heterocycles. The van der Waals surface area contributed by atoms with Gasteiger partial charge in [0.1, 0.15) is 0 Å². The second kappa shape index (κ2) is 5.60. The minimum absolute atomic E-state index is 0.0659. The van der Waals surface area contributed by atoms with Gasteiger partial charge in [-0.2, -0.15) is 0 Å². The normalized spacial score (nSPS) is 11.2. The zero-order valence-electron chi connectivity index (χ0n) is 12.9. The van der Waals surface area contributed by atoms with Crippen LogP contribution >= 0.6 is 0 Å². The SMILES string of the molecule is COc1c(N)cccc1C(=O)c1ccc(C(C)(C)C)cc1. The highest BCUT2D eigenvalue weighted by Gasteiger charge is 2.18. The van der Waals surface area contributed by atoms with E-state index in [0.717, 1.165) is 0 Å². The van der Waals surface area contributed by atoms with Crippen molar-refractivity contribution in [2.75, 3.05) is 12.8 Å². The Morgan fingerprint density at radius 2 is 1.67 bits per heavy atom. The summed E-state index contributed by atoms with van der Waals surface area (Å²) in [7, 11) is 1.52. The Kier molecular flexibility index (Phi) is 4.03. The largest absolute Gasteiger partial charge is 0.494 e. The molecule has 0 saturated heterocycles. The molecule has 2 N–H and O–H groups in total. The third-order valence-electron chi connectivity index (χ3n) is 3.51. The zero-order chi connectivity index (χ0) is 15.6. The lowest BCUT2D eigenvalue weighted by Crippen LogP contribution is -2.11.